The first-order valence-electron chi connectivity index (χ1n) is 4.68. The molecular weight excluding hydrogens is 190 g/mol. The van der Waals surface area contributed by atoms with Gasteiger partial charge in [0.2, 0.25) is 0 Å². The molecule has 78 valence electrons. The number of carbonyl (C=O) groups is 1. The molecule has 4 heteroatoms. The normalized spacial score (nSPS) is 9.53. The van der Waals surface area contributed by atoms with Crippen molar-refractivity contribution in [2.75, 3.05) is 6.54 Å². The Labute approximate surface area is 88.6 Å². The van der Waals surface area contributed by atoms with Gasteiger partial charge in [0.05, 0.1) is 6.54 Å². The van der Waals surface area contributed by atoms with Gasteiger partial charge in [0.1, 0.15) is 0 Å². The summed E-state index contributed by atoms with van der Waals surface area (Å²) >= 11 is 0. The zero-order chi connectivity index (χ0) is 11.4. The molecule has 0 heterocycles. The van der Waals surface area contributed by atoms with Gasteiger partial charge in [-0.25, -0.2) is 0 Å². The van der Waals surface area contributed by atoms with Gasteiger partial charge < -0.3 is 0 Å². The molecule has 0 saturated heterocycles. The lowest BCUT2D eigenvalue weighted by atomic mass is 9.97. The monoisotopic (exact) mass is 203 g/mol. The summed E-state index contributed by atoms with van der Waals surface area (Å²) in [6.07, 6.45) is 0. The van der Waals surface area contributed by atoms with E-state index in [4.69, 9.17) is 5.53 Å². The fourth-order valence-corrected chi connectivity index (χ4v) is 1.79. The van der Waals surface area contributed by atoms with Gasteiger partial charge in [-0.2, -0.15) is 0 Å². The molecule has 0 spiro atoms. The number of rotatable bonds is 3. The zero-order valence-corrected chi connectivity index (χ0v) is 9.11. The maximum atomic E-state index is 11.7. The minimum atomic E-state index is -0.122. The highest BCUT2D eigenvalue weighted by Gasteiger charge is 2.11. The predicted octanol–water partition coefficient (Wildman–Crippen LogP) is 3.10. The molecule has 0 saturated carbocycles. The summed E-state index contributed by atoms with van der Waals surface area (Å²) in [5.41, 5.74) is 11.8. The van der Waals surface area contributed by atoms with Crippen molar-refractivity contribution in [3.63, 3.8) is 0 Å². The zero-order valence-electron chi connectivity index (χ0n) is 9.11. The number of nitrogens with zero attached hydrogens (tertiary/aromatic N) is 3. The Morgan fingerprint density at radius 2 is 1.87 bits per heavy atom. The Bertz CT molecular complexity index is 422. The van der Waals surface area contributed by atoms with Crippen LogP contribution in [0.1, 0.15) is 27.0 Å². The van der Waals surface area contributed by atoms with Crippen LogP contribution in [0.2, 0.25) is 0 Å². The van der Waals surface area contributed by atoms with Crippen LogP contribution in [-0.4, -0.2) is 12.3 Å². The number of benzene rings is 1. The number of aryl methyl sites for hydroxylation is 3. The van der Waals surface area contributed by atoms with E-state index in [0.717, 1.165) is 16.7 Å². The number of Topliss-reactive ketones (excluding diaryl/α,β-unsaturated/α-hetero) is 1. The van der Waals surface area contributed by atoms with Crippen molar-refractivity contribution < 1.29 is 4.79 Å². The average molecular weight is 203 g/mol. The second-order valence-electron chi connectivity index (χ2n) is 3.59. The molecule has 0 amide bonds. The van der Waals surface area contributed by atoms with Crippen molar-refractivity contribution in [1.82, 2.24) is 0 Å². The number of carbonyl (C=O) groups excluding carboxylic acids is 1. The van der Waals surface area contributed by atoms with Gasteiger partial charge in [0.25, 0.3) is 0 Å². The van der Waals surface area contributed by atoms with Gasteiger partial charge in [-0.3, -0.25) is 4.79 Å². The Balaban J connectivity index is 3.13. The van der Waals surface area contributed by atoms with Crippen molar-refractivity contribution in [3.8, 4) is 0 Å². The fraction of sp³-hybridized carbons (Fsp3) is 0.364. The van der Waals surface area contributed by atoms with Crippen LogP contribution in [-0.2, 0) is 0 Å². The molecule has 0 aromatic heterocycles. The molecule has 0 radical (unpaired) electrons. The lowest BCUT2D eigenvalue weighted by Crippen LogP contribution is -2.07. The van der Waals surface area contributed by atoms with Gasteiger partial charge in [-0.1, -0.05) is 22.8 Å². The van der Waals surface area contributed by atoms with Gasteiger partial charge in [0, 0.05) is 10.5 Å². The summed E-state index contributed by atoms with van der Waals surface area (Å²) in [4.78, 5) is 14.3. The van der Waals surface area contributed by atoms with E-state index in [2.05, 4.69) is 10.0 Å². The summed E-state index contributed by atoms with van der Waals surface area (Å²) in [5, 5.41) is 3.28. The second kappa shape index (κ2) is 4.62. The molecule has 0 aliphatic heterocycles. The Morgan fingerprint density at radius 1 is 1.33 bits per heavy atom. The van der Waals surface area contributed by atoms with Crippen LogP contribution >= 0.6 is 0 Å². The topological polar surface area (TPSA) is 65.8 Å². The molecule has 0 N–H and O–H groups in total. The highest BCUT2D eigenvalue weighted by Crippen LogP contribution is 2.16. The molecule has 0 unspecified atom stereocenters. The van der Waals surface area contributed by atoms with Gasteiger partial charge in [-0.05, 0) is 37.4 Å². The fourth-order valence-electron chi connectivity index (χ4n) is 1.79. The largest absolute Gasteiger partial charge is 0.294 e. The van der Waals surface area contributed by atoms with Crippen molar-refractivity contribution >= 4 is 5.78 Å². The van der Waals surface area contributed by atoms with E-state index in [9.17, 15) is 4.79 Å². The third kappa shape index (κ3) is 2.58. The smallest absolute Gasteiger partial charge is 0.169 e. The third-order valence-corrected chi connectivity index (χ3v) is 2.23. The summed E-state index contributed by atoms with van der Waals surface area (Å²) < 4.78 is 0. The molecule has 0 fully saturated rings. The Hall–Kier alpha value is -1.80. The predicted molar refractivity (Wildman–Crippen MR) is 59.0 cm³/mol. The van der Waals surface area contributed by atoms with Crippen LogP contribution < -0.4 is 0 Å². The first-order valence-corrected chi connectivity index (χ1v) is 4.68. The third-order valence-electron chi connectivity index (χ3n) is 2.23. The summed E-state index contributed by atoms with van der Waals surface area (Å²) in [7, 11) is 0. The van der Waals surface area contributed by atoms with Crippen molar-refractivity contribution in [1.29, 1.82) is 0 Å². The maximum Gasteiger partial charge on any atom is 0.169 e. The highest BCUT2D eigenvalue weighted by molar-refractivity contribution is 6.00. The Morgan fingerprint density at radius 3 is 2.33 bits per heavy atom. The van der Waals surface area contributed by atoms with E-state index >= 15 is 0 Å². The summed E-state index contributed by atoms with van der Waals surface area (Å²) in [6.45, 7) is 5.66. The number of hydrogen-bond acceptors (Lipinski definition) is 2. The van der Waals surface area contributed by atoms with Crippen LogP contribution in [0.3, 0.4) is 0 Å². The van der Waals surface area contributed by atoms with E-state index in [-0.39, 0.29) is 12.3 Å². The van der Waals surface area contributed by atoms with E-state index in [1.165, 1.54) is 0 Å². The quantitative estimate of drug-likeness (QED) is 0.322. The van der Waals surface area contributed by atoms with Crippen LogP contribution in [0, 0.1) is 20.8 Å². The summed E-state index contributed by atoms with van der Waals surface area (Å²) in [6, 6.07) is 3.91. The molecule has 0 aliphatic carbocycles. The number of hydrogen-bond donors (Lipinski definition) is 0. The minimum Gasteiger partial charge on any atom is -0.294 e. The number of azide groups is 1. The van der Waals surface area contributed by atoms with Gasteiger partial charge in [0.15, 0.2) is 5.78 Å². The SMILES string of the molecule is Cc1cc(C)c(C(=O)CN=[N+]=[N-])c(C)c1. The first kappa shape index (κ1) is 11.3. The molecular formula is C11H13N3O. The molecule has 0 bridgehead atoms. The lowest BCUT2D eigenvalue weighted by molar-refractivity contribution is 0.100. The number of ketones is 1. The molecule has 4 nitrogen and oxygen atoms in total. The minimum absolute atomic E-state index is 0.110. The maximum absolute atomic E-state index is 11.7. The van der Waals surface area contributed by atoms with Crippen LogP contribution in [0.15, 0.2) is 17.2 Å². The molecule has 1 aromatic carbocycles. The van der Waals surface area contributed by atoms with E-state index in [1.807, 2.05) is 32.9 Å². The molecule has 1 aromatic rings. The van der Waals surface area contributed by atoms with Crippen molar-refractivity contribution in [2.24, 2.45) is 5.11 Å². The summed E-state index contributed by atoms with van der Waals surface area (Å²) in [5.74, 6) is -0.122. The van der Waals surface area contributed by atoms with Crippen LogP contribution in [0.25, 0.3) is 10.4 Å². The van der Waals surface area contributed by atoms with E-state index in [0.29, 0.717) is 5.56 Å². The molecule has 15 heavy (non-hydrogen) atoms. The highest BCUT2D eigenvalue weighted by atomic mass is 16.1. The molecule has 1 rings (SSSR count). The second-order valence-corrected chi connectivity index (χ2v) is 3.59. The average Bonchev–Trinajstić information content (AvgIpc) is 2.12. The van der Waals surface area contributed by atoms with E-state index < -0.39 is 0 Å². The Kier molecular flexibility index (Phi) is 3.47. The lowest BCUT2D eigenvalue weighted by Gasteiger charge is -2.08. The molecule has 0 atom stereocenters. The van der Waals surface area contributed by atoms with Crippen molar-refractivity contribution in [3.05, 3.63) is 44.8 Å². The first-order chi connectivity index (χ1) is 7.06. The van der Waals surface area contributed by atoms with Gasteiger partial charge in [-0.15, -0.1) is 0 Å². The van der Waals surface area contributed by atoms with Gasteiger partial charge >= 0.3 is 0 Å². The van der Waals surface area contributed by atoms with Crippen LogP contribution in [0.5, 0.6) is 0 Å². The standard InChI is InChI=1S/C11H13N3O/c1-7-4-8(2)11(9(3)5-7)10(15)6-13-14-12/h4-5H,6H2,1-3H3. The van der Waals surface area contributed by atoms with E-state index in [1.54, 1.807) is 0 Å². The van der Waals surface area contributed by atoms with Crippen LogP contribution in [0.4, 0.5) is 0 Å². The van der Waals surface area contributed by atoms with Crippen molar-refractivity contribution in [2.45, 2.75) is 20.8 Å². The molecule has 0 aliphatic rings.